The molecule has 0 aliphatic carbocycles. The Hall–Kier alpha value is -3.44. The molecule has 1 unspecified atom stereocenters. The Labute approximate surface area is 198 Å². The summed E-state index contributed by atoms with van der Waals surface area (Å²) in [5, 5.41) is 2.76. The lowest BCUT2D eigenvalue weighted by Crippen LogP contribution is -2.21. The second-order valence-corrected chi connectivity index (χ2v) is 7.32. The van der Waals surface area contributed by atoms with Crippen molar-refractivity contribution in [2.75, 3.05) is 11.9 Å². The van der Waals surface area contributed by atoms with Gasteiger partial charge in [0, 0.05) is 5.69 Å². The van der Waals surface area contributed by atoms with Crippen LogP contribution in [-0.2, 0) is 16.0 Å². The molecule has 5 heteroatoms. The topological polar surface area (TPSA) is 81.4 Å². The van der Waals surface area contributed by atoms with Crippen molar-refractivity contribution in [2.45, 2.75) is 46.6 Å². The molecule has 0 bridgehead atoms. The zero-order valence-electron chi connectivity index (χ0n) is 20.1. The molecule has 2 aromatic carbocycles. The molecule has 1 aliphatic heterocycles. The molecule has 5 nitrogen and oxygen atoms in total. The van der Waals surface area contributed by atoms with Crippen LogP contribution in [0.3, 0.4) is 0 Å². The van der Waals surface area contributed by atoms with E-state index in [1.165, 1.54) is 11.1 Å². The van der Waals surface area contributed by atoms with Crippen LogP contribution < -0.4 is 15.8 Å². The van der Waals surface area contributed by atoms with Gasteiger partial charge in [0.25, 0.3) is 0 Å². The average molecular weight is 449 g/mol. The molecule has 0 aromatic heterocycles. The van der Waals surface area contributed by atoms with E-state index in [0.29, 0.717) is 19.4 Å². The highest BCUT2D eigenvalue weighted by Gasteiger charge is 2.15. The second-order valence-electron chi connectivity index (χ2n) is 7.32. The van der Waals surface area contributed by atoms with E-state index in [-0.39, 0.29) is 5.91 Å². The van der Waals surface area contributed by atoms with Gasteiger partial charge in [0.15, 0.2) is 0 Å². The summed E-state index contributed by atoms with van der Waals surface area (Å²) in [7, 11) is 0. The summed E-state index contributed by atoms with van der Waals surface area (Å²) < 4.78 is 5.66. The van der Waals surface area contributed by atoms with Gasteiger partial charge in [-0.05, 0) is 66.8 Å². The molecular formula is C28H36N2O3. The van der Waals surface area contributed by atoms with Crippen LogP contribution in [0.5, 0.6) is 5.75 Å². The lowest BCUT2D eigenvalue weighted by molar-refractivity contribution is -0.115. The van der Waals surface area contributed by atoms with Crippen molar-refractivity contribution >= 4 is 17.9 Å². The predicted octanol–water partition coefficient (Wildman–Crippen LogP) is 5.47. The van der Waals surface area contributed by atoms with E-state index >= 15 is 0 Å². The van der Waals surface area contributed by atoms with Gasteiger partial charge in [0.1, 0.15) is 18.6 Å². The third kappa shape index (κ3) is 10.1. The summed E-state index contributed by atoms with van der Waals surface area (Å²) in [6, 6.07) is 13.3. The zero-order chi connectivity index (χ0) is 24.6. The van der Waals surface area contributed by atoms with Crippen LogP contribution in [0.2, 0.25) is 0 Å². The van der Waals surface area contributed by atoms with Crippen molar-refractivity contribution in [3.63, 3.8) is 0 Å². The first-order valence-electron chi connectivity index (χ1n) is 11.2. The van der Waals surface area contributed by atoms with Crippen molar-refractivity contribution in [2.24, 2.45) is 5.73 Å². The molecule has 2 aromatic rings. The number of hydrogen-bond acceptors (Lipinski definition) is 4. The van der Waals surface area contributed by atoms with Gasteiger partial charge in [-0.25, -0.2) is 0 Å². The highest BCUT2D eigenvalue weighted by atomic mass is 16.5. The highest BCUT2D eigenvalue weighted by Crippen LogP contribution is 2.21. The van der Waals surface area contributed by atoms with Crippen LogP contribution >= 0.6 is 0 Å². The fourth-order valence-corrected chi connectivity index (χ4v) is 2.97. The maximum Gasteiger partial charge on any atom is 0.228 e. The van der Waals surface area contributed by atoms with E-state index in [1.54, 1.807) is 6.08 Å². The molecule has 3 rings (SSSR count). The molecule has 33 heavy (non-hydrogen) atoms. The maximum absolute atomic E-state index is 10.8. The highest BCUT2D eigenvalue weighted by molar-refractivity contribution is 5.98. The summed E-state index contributed by atoms with van der Waals surface area (Å²) in [5.41, 5.74) is 11.1. The van der Waals surface area contributed by atoms with E-state index in [9.17, 15) is 9.59 Å². The molecule has 1 aliphatic rings. The molecule has 3 N–H and O–H groups in total. The fraction of sp³-hybridized carbons (Fsp3) is 0.286. The van der Waals surface area contributed by atoms with Crippen molar-refractivity contribution in [1.82, 2.24) is 0 Å². The summed E-state index contributed by atoms with van der Waals surface area (Å²) in [6.07, 6.45) is 9.12. The van der Waals surface area contributed by atoms with Gasteiger partial charge >= 0.3 is 0 Å². The van der Waals surface area contributed by atoms with Crippen molar-refractivity contribution in [1.29, 1.82) is 0 Å². The minimum absolute atomic E-state index is 0.0983. The Bertz CT molecular complexity index is 950. The number of ether oxygens (including phenoxy) is 1. The minimum Gasteiger partial charge on any atom is -0.490 e. The van der Waals surface area contributed by atoms with Crippen LogP contribution in [0, 0.1) is 13.8 Å². The van der Waals surface area contributed by atoms with Crippen molar-refractivity contribution < 1.29 is 14.3 Å². The first-order valence-corrected chi connectivity index (χ1v) is 11.2. The van der Waals surface area contributed by atoms with Gasteiger partial charge in [-0.15, -0.1) is 0 Å². The summed E-state index contributed by atoms with van der Waals surface area (Å²) in [6.45, 7) is 12.3. The Morgan fingerprint density at radius 3 is 2.55 bits per heavy atom. The average Bonchev–Trinajstić information content (AvgIpc) is 3.20. The molecule has 0 saturated heterocycles. The normalized spacial score (nSPS) is 13.0. The Balaban J connectivity index is 0.000000373. The largest absolute Gasteiger partial charge is 0.490 e. The molecule has 176 valence electrons. The predicted molar refractivity (Wildman–Crippen MR) is 138 cm³/mol. The Morgan fingerprint density at radius 1 is 1.18 bits per heavy atom. The molecular weight excluding hydrogens is 412 g/mol. The fourth-order valence-electron chi connectivity index (χ4n) is 2.97. The van der Waals surface area contributed by atoms with Gasteiger partial charge in [0.05, 0.1) is 12.5 Å². The SMILES string of the molecule is C=C/C=C(\C=C/COc1ccc(C)c(C)c1)CC(N)C=O.CC.O=C1Cc2ccccc2N1. The monoisotopic (exact) mass is 448 g/mol. The number of aryl methyl sites for hydroxylation is 2. The van der Waals surface area contributed by atoms with E-state index in [1.807, 2.05) is 74.5 Å². The van der Waals surface area contributed by atoms with E-state index in [2.05, 4.69) is 25.7 Å². The number of para-hydroxylation sites is 1. The number of anilines is 1. The number of benzene rings is 2. The Kier molecular flexibility index (Phi) is 12.9. The standard InChI is InChI=1S/C18H23NO2.C8H7NO.C2H6/c1-4-6-16(12-17(19)13-20)7-5-10-21-18-9-8-14(2)15(3)11-18;10-8-5-6-3-1-2-4-7(6)9-8;1-2/h4-9,11,13,17H,1,10,12,19H2,2-3H3;1-4H,5H2,(H,9,10);1-2H3/b7-5-,16-6+;;. The molecule has 0 radical (unpaired) electrons. The van der Waals surface area contributed by atoms with Crippen LogP contribution in [0.4, 0.5) is 5.69 Å². The third-order valence-corrected chi connectivity index (χ3v) is 4.78. The van der Waals surface area contributed by atoms with E-state index in [0.717, 1.165) is 28.9 Å². The molecule has 0 fully saturated rings. The maximum atomic E-state index is 10.8. The van der Waals surface area contributed by atoms with Crippen LogP contribution in [0.25, 0.3) is 0 Å². The van der Waals surface area contributed by atoms with Crippen LogP contribution in [0.15, 0.2) is 78.9 Å². The van der Waals surface area contributed by atoms with Gasteiger partial charge in [-0.2, -0.15) is 0 Å². The summed E-state index contributed by atoms with van der Waals surface area (Å²) >= 11 is 0. The van der Waals surface area contributed by atoms with Crippen molar-refractivity contribution in [3.05, 3.63) is 95.6 Å². The number of carbonyl (C=O) groups excluding carboxylic acids is 2. The molecule has 1 heterocycles. The molecule has 0 spiro atoms. The minimum atomic E-state index is -0.485. The number of nitrogens with two attached hydrogens (primary N) is 1. The molecule has 0 saturated carbocycles. The van der Waals surface area contributed by atoms with Crippen LogP contribution in [0.1, 0.15) is 37.0 Å². The third-order valence-electron chi connectivity index (χ3n) is 4.78. The lowest BCUT2D eigenvalue weighted by Gasteiger charge is -2.07. The number of hydrogen-bond donors (Lipinski definition) is 2. The number of aldehydes is 1. The van der Waals surface area contributed by atoms with Crippen molar-refractivity contribution in [3.8, 4) is 5.75 Å². The number of amides is 1. The molecule has 1 amide bonds. The smallest absolute Gasteiger partial charge is 0.228 e. The summed E-state index contributed by atoms with van der Waals surface area (Å²) in [4.78, 5) is 21.4. The quantitative estimate of drug-likeness (QED) is 0.414. The molecule has 1 atom stereocenters. The van der Waals surface area contributed by atoms with Gasteiger partial charge in [-0.1, -0.05) is 62.9 Å². The second kappa shape index (κ2) is 15.4. The van der Waals surface area contributed by atoms with Gasteiger partial charge in [0.2, 0.25) is 5.91 Å². The number of rotatable bonds is 8. The van der Waals surface area contributed by atoms with E-state index in [4.69, 9.17) is 10.5 Å². The first-order chi connectivity index (χ1) is 15.9. The van der Waals surface area contributed by atoms with Gasteiger partial charge < -0.3 is 20.6 Å². The number of fused-ring (bicyclic) bond motifs is 1. The van der Waals surface area contributed by atoms with Crippen LogP contribution in [-0.4, -0.2) is 24.8 Å². The Morgan fingerprint density at radius 2 is 1.91 bits per heavy atom. The number of allylic oxidation sites excluding steroid dienone is 3. The number of carbonyl (C=O) groups is 2. The summed E-state index contributed by atoms with van der Waals surface area (Å²) in [5.74, 6) is 0.947. The zero-order valence-corrected chi connectivity index (χ0v) is 20.1. The van der Waals surface area contributed by atoms with E-state index < -0.39 is 6.04 Å². The lowest BCUT2D eigenvalue weighted by atomic mass is 10.1. The number of nitrogens with one attached hydrogen (secondary N) is 1. The first kappa shape index (κ1) is 27.6. The van der Waals surface area contributed by atoms with Gasteiger partial charge in [-0.3, -0.25) is 4.79 Å².